The lowest BCUT2D eigenvalue weighted by molar-refractivity contribution is 0.429. The maximum absolute atomic E-state index is 6.39. The summed E-state index contributed by atoms with van der Waals surface area (Å²) in [6.07, 6.45) is 3.84. The molecule has 1 N–H and O–H groups in total. The smallest absolute Gasteiger partial charge is 0.140 e. The summed E-state index contributed by atoms with van der Waals surface area (Å²) in [5.41, 5.74) is 2.84. The number of imidazole rings is 1. The minimum atomic E-state index is 0.612. The Balaban J connectivity index is 1.66. The topological polar surface area (TPSA) is 48.0 Å². The van der Waals surface area contributed by atoms with Crippen molar-refractivity contribution in [1.29, 1.82) is 0 Å². The second-order valence-electron chi connectivity index (χ2n) is 5.72. The lowest BCUT2D eigenvalue weighted by atomic mass is 10.2. The fourth-order valence-corrected chi connectivity index (χ4v) is 3.68. The standard InChI is InChI=1S/C17H18ClN5S/c1-24-23-8-6-22(7-9-23)16-10-12(13(18)11-19-16)17-20-14-4-2-3-5-15(14)21-17/h2-5,10-11H,6-9H2,1H3,(H,20,21). The molecule has 0 aliphatic carbocycles. The summed E-state index contributed by atoms with van der Waals surface area (Å²) in [5, 5.41) is 0.612. The third-order valence-corrected chi connectivity index (χ3v) is 5.49. The molecule has 2 aromatic heterocycles. The van der Waals surface area contributed by atoms with E-state index in [1.807, 2.05) is 30.3 Å². The van der Waals surface area contributed by atoms with Gasteiger partial charge >= 0.3 is 0 Å². The molecular formula is C17H18ClN5S. The summed E-state index contributed by atoms with van der Waals surface area (Å²) in [4.78, 5) is 14.8. The second-order valence-corrected chi connectivity index (χ2v) is 7.01. The molecule has 1 fully saturated rings. The van der Waals surface area contributed by atoms with Crippen molar-refractivity contribution in [2.45, 2.75) is 0 Å². The van der Waals surface area contributed by atoms with Crippen LogP contribution >= 0.6 is 23.5 Å². The Morgan fingerprint density at radius 3 is 2.71 bits per heavy atom. The Morgan fingerprint density at radius 2 is 1.96 bits per heavy atom. The van der Waals surface area contributed by atoms with Crippen LogP contribution in [-0.2, 0) is 0 Å². The molecule has 4 rings (SSSR count). The molecule has 124 valence electrons. The van der Waals surface area contributed by atoms with E-state index >= 15 is 0 Å². The van der Waals surface area contributed by atoms with Gasteiger partial charge in [-0.3, -0.25) is 0 Å². The highest BCUT2D eigenvalue weighted by Gasteiger charge is 2.19. The largest absolute Gasteiger partial charge is 0.354 e. The van der Waals surface area contributed by atoms with Crippen LogP contribution in [0.3, 0.4) is 0 Å². The fourth-order valence-electron chi connectivity index (χ4n) is 2.96. The Kier molecular flexibility index (Phi) is 4.35. The van der Waals surface area contributed by atoms with Gasteiger partial charge in [0.1, 0.15) is 11.6 Å². The first-order valence-corrected chi connectivity index (χ1v) is 9.45. The van der Waals surface area contributed by atoms with E-state index in [1.165, 1.54) is 0 Å². The average Bonchev–Trinajstić information content (AvgIpc) is 3.06. The third-order valence-electron chi connectivity index (χ3n) is 4.31. The molecule has 3 aromatic rings. The molecule has 1 aromatic carbocycles. The monoisotopic (exact) mass is 359 g/mol. The first kappa shape index (κ1) is 15.7. The first-order valence-electron chi connectivity index (χ1n) is 7.89. The van der Waals surface area contributed by atoms with Crippen molar-refractivity contribution >= 4 is 40.4 Å². The van der Waals surface area contributed by atoms with Gasteiger partial charge in [0, 0.05) is 37.9 Å². The third kappa shape index (κ3) is 2.97. The second kappa shape index (κ2) is 6.63. The number of hydrogen-bond acceptors (Lipinski definition) is 5. The lowest BCUT2D eigenvalue weighted by Crippen LogP contribution is -2.43. The Morgan fingerprint density at radius 1 is 1.17 bits per heavy atom. The van der Waals surface area contributed by atoms with Crippen molar-refractivity contribution in [1.82, 2.24) is 19.3 Å². The minimum Gasteiger partial charge on any atom is -0.354 e. The summed E-state index contributed by atoms with van der Waals surface area (Å²) >= 11 is 8.19. The van der Waals surface area contributed by atoms with Crippen LogP contribution in [-0.4, -0.2) is 51.7 Å². The number of benzene rings is 1. The van der Waals surface area contributed by atoms with Crippen LogP contribution < -0.4 is 4.90 Å². The zero-order valence-corrected chi connectivity index (χ0v) is 14.9. The maximum Gasteiger partial charge on any atom is 0.140 e. The molecule has 0 unspecified atom stereocenters. The quantitative estimate of drug-likeness (QED) is 0.723. The predicted molar refractivity (Wildman–Crippen MR) is 102 cm³/mol. The molecular weight excluding hydrogens is 342 g/mol. The van der Waals surface area contributed by atoms with Crippen molar-refractivity contribution in [3.63, 3.8) is 0 Å². The number of aromatic amines is 1. The van der Waals surface area contributed by atoms with Gasteiger partial charge in [-0.2, -0.15) is 0 Å². The van der Waals surface area contributed by atoms with Crippen LogP contribution in [0.15, 0.2) is 36.5 Å². The lowest BCUT2D eigenvalue weighted by Gasteiger charge is -2.34. The first-order chi connectivity index (χ1) is 11.7. The van der Waals surface area contributed by atoms with Crippen LogP contribution in [0.2, 0.25) is 5.02 Å². The van der Waals surface area contributed by atoms with Crippen LogP contribution in [0.1, 0.15) is 0 Å². The predicted octanol–water partition coefficient (Wildman–Crippen LogP) is 3.68. The molecule has 24 heavy (non-hydrogen) atoms. The summed E-state index contributed by atoms with van der Waals surface area (Å²) in [7, 11) is 0. The van der Waals surface area contributed by atoms with Gasteiger partial charge in [0.25, 0.3) is 0 Å². The number of hydrogen-bond donors (Lipinski definition) is 1. The van der Waals surface area contributed by atoms with E-state index in [4.69, 9.17) is 11.6 Å². The summed E-state index contributed by atoms with van der Waals surface area (Å²) in [6, 6.07) is 10.0. The molecule has 1 aliphatic heterocycles. The SMILES string of the molecule is CSN1CCN(c2cc(-c3nc4ccccc4[nH]3)c(Cl)cn2)CC1. The van der Waals surface area contributed by atoms with Crippen molar-refractivity contribution in [2.75, 3.05) is 37.3 Å². The van der Waals surface area contributed by atoms with E-state index in [0.29, 0.717) is 5.02 Å². The number of nitrogens with one attached hydrogen (secondary N) is 1. The van der Waals surface area contributed by atoms with Gasteiger partial charge in [-0.05, 0) is 24.5 Å². The van der Waals surface area contributed by atoms with E-state index in [1.54, 1.807) is 18.1 Å². The van der Waals surface area contributed by atoms with Crippen LogP contribution in [0.4, 0.5) is 5.82 Å². The highest BCUT2D eigenvalue weighted by atomic mass is 35.5. The molecule has 0 atom stereocenters. The number of rotatable bonds is 3. The van der Waals surface area contributed by atoms with E-state index in [-0.39, 0.29) is 0 Å². The summed E-state index contributed by atoms with van der Waals surface area (Å²) in [6.45, 7) is 4.00. The van der Waals surface area contributed by atoms with Gasteiger partial charge < -0.3 is 9.88 Å². The molecule has 0 radical (unpaired) electrons. The van der Waals surface area contributed by atoms with Gasteiger partial charge in [-0.25, -0.2) is 14.3 Å². The maximum atomic E-state index is 6.39. The zero-order valence-electron chi connectivity index (χ0n) is 13.4. The minimum absolute atomic E-state index is 0.612. The van der Waals surface area contributed by atoms with Crippen LogP contribution in [0.5, 0.6) is 0 Å². The van der Waals surface area contributed by atoms with Crippen LogP contribution in [0.25, 0.3) is 22.4 Å². The Bertz CT molecular complexity index is 824. The van der Waals surface area contributed by atoms with Gasteiger partial charge in [-0.1, -0.05) is 35.7 Å². The highest BCUT2D eigenvalue weighted by molar-refractivity contribution is 7.96. The van der Waals surface area contributed by atoms with Crippen molar-refractivity contribution in [2.24, 2.45) is 0 Å². The fraction of sp³-hybridized carbons (Fsp3) is 0.294. The number of pyridine rings is 1. The van der Waals surface area contributed by atoms with Gasteiger partial charge in [0.05, 0.1) is 16.1 Å². The molecule has 1 saturated heterocycles. The molecule has 0 spiro atoms. The van der Waals surface area contributed by atoms with Gasteiger partial charge in [0.2, 0.25) is 0 Å². The van der Waals surface area contributed by atoms with E-state index in [0.717, 1.165) is 54.4 Å². The Labute approximate surface area is 150 Å². The number of anilines is 1. The zero-order chi connectivity index (χ0) is 16.5. The van der Waals surface area contributed by atoms with E-state index in [9.17, 15) is 0 Å². The van der Waals surface area contributed by atoms with Crippen molar-refractivity contribution in [3.8, 4) is 11.4 Å². The molecule has 0 bridgehead atoms. The van der Waals surface area contributed by atoms with Crippen molar-refractivity contribution < 1.29 is 0 Å². The van der Waals surface area contributed by atoms with Gasteiger partial charge in [0.15, 0.2) is 0 Å². The molecule has 5 nitrogen and oxygen atoms in total. The van der Waals surface area contributed by atoms with Crippen molar-refractivity contribution in [3.05, 3.63) is 41.6 Å². The summed E-state index contributed by atoms with van der Waals surface area (Å²) < 4.78 is 2.37. The number of halogens is 1. The molecule has 1 aliphatic rings. The normalized spacial score (nSPS) is 16.0. The number of fused-ring (bicyclic) bond motifs is 1. The summed E-state index contributed by atoms with van der Waals surface area (Å²) in [5.74, 6) is 1.74. The van der Waals surface area contributed by atoms with E-state index in [2.05, 4.69) is 30.4 Å². The number of H-pyrrole nitrogens is 1. The number of aromatic nitrogens is 3. The molecule has 3 heterocycles. The average molecular weight is 360 g/mol. The molecule has 0 amide bonds. The Hall–Kier alpha value is -1.76. The number of piperazine rings is 1. The van der Waals surface area contributed by atoms with Crippen LogP contribution in [0, 0.1) is 0 Å². The van der Waals surface area contributed by atoms with E-state index < -0.39 is 0 Å². The van der Waals surface area contributed by atoms with Gasteiger partial charge in [-0.15, -0.1) is 0 Å². The molecule has 7 heteroatoms. The highest BCUT2D eigenvalue weighted by Crippen LogP contribution is 2.30. The number of para-hydroxylation sites is 2. The number of nitrogens with zero attached hydrogens (tertiary/aromatic N) is 4. The molecule has 0 saturated carbocycles.